The van der Waals surface area contributed by atoms with Crippen molar-refractivity contribution >= 4 is 11.8 Å². The quantitative estimate of drug-likeness (QED) is 0.693. The summed E-state index contributed by atoms with van der Waals surface area (Å²) in [6.45, 7) is 6.27. The average molecular weight is 375 g/mol. The van der Waals surface area contributed by atoms with Crippen LogP contribution in [0.25, 0.3) is 0 Å². The lowest BCUT2D eigenvalue weighted by Crippen LogP contribution is -2.49. The van der Waals surface area contributed by atoms with E-state index in [1.165, 1.54) is 30.5 Å². The lowest BCUT2D eigenvalue weighted by Gasteiger charge is -2.30. The molecule has 0 spiro atoms. The Kier molecular flexibility index (Phi) is 8.01. The van der Waals surface area contributed by atoms with Gasteiger partial charge in [-0.3, -0.25) is 9.59 Å². The van der Waals surface area contributed by atoms with Gasteiger partial charge in [0.05, 0.1) is 0 Å². The molecule has 27 heavy (non-hydrogen) atoms. The van der Waals surface area contributed by atoms with Gasteiger partial charge in [-0.2, -0.15) is 0 Å². The molecule has 148 valence electrons. The number of nitrogens with one attached hydrogen (secondary N) is 1. The molecule has 0 heterocycles. The molecule has 1 atom stereocenters. The van der Waals surface area contributed by atoms with Crippen molar-refractivity contribution in [3.05, 3.63) is 47.3 Å². The van der Waals surface area contributed by atoms with Gasteiger partial charge < -0.3 is 10.2 Å². The fourth-order valence-electron chi connectivity index (χ4n) is 3.29. The Morgan fingerprint density at radius 2 is 1.85 bits per heavy atom. The summed E-state index contributed by atoms with van der Waals surface area (Å²) in [7, 11) is 0. The molecule has 1 aliphatic rings. The highest BCUT2D eigenvalue weighted by molar-refractivity contribution is 5.88. The lowest BCUT2D eigenvalue weighted by molar-refractivity contribution is -0.143. The number of hydrogen-bond donors (Lipinski definition) is 1. The zero-order chi connectivity index (χ0) is 19.8. The van der Waals surface area contributed by atoms with Crippen LogP contribution in [0.15, 0.2) is 35.9 Å². The molecule has 1 N–H and O–H groups in total. The Morgan fingerprint density at radius 3 is 2.44 bits per heavy atom. The zero-order valence-corrected chi connectivity index (χ0v) is 16.6. The van der Waals surface area contributed by atoms with Crippen molar-refractivity contribution in [3.63, 3.8) is 0 Å². The number of amides is 2. The van der Waals surface area contributed by atoms with Crippen LogP contribution in [0.3, 0.4) is 0 Å². The van der Waals surface area contributed by atoms with Crippen molar-refractivity contribution in [2.75, 3.05) is 6.54 Å². The minimum Gasteiger partial charge on any atom is -0.354 e. The van der Waals surface area contributed by atoms with Crippen LogP contribution in [0.5, 0.6) is 0 Å². The van der Waals surface area contributed by atoms with Gasteiger partial charge in [0.25, 0.3) is 0 Å². The zero-order valence-electron chi connectivity index (χ0n) is 16.6. The van der Waals surface area contributed by atoms with E-state index in [1.54, 1.807) is 24.0 Å². The van der Waals surface area contributed by atoms with E-state index in [-0.39, 0.29) is 30.1 Å². The fraction of sp³-hybridized carbons (Fsp3) is 0.545. The maximum atomic E-state index is 13.1. The number of halogens is 1. The summed E-state index contributed by atoms with van der Waals surface area (Å²) in [6.07, 6.45) is 7.88. The van der Waals surface area contributed by atoms with Crippen molar-refractivity contribution in [1.82, 2.24) is 10.2 Å². The van der Waals surface area contributed by atoms with Crippen molar-refractivity contribution in [2.45, 2.75) is 65.5 Å². The van der Waals surface area contributed by atoms with Gasteiger partial charge >= 0.3 is 0 Å². The Bertz CT molecular complexity index is 667. The molecule has 0 saturated carbocycles. The van der Waals surface area contributed by atoms with Crippen LogP contribution in [0.2, 0.25) is 0 Å². The minimum absolute atomic E-state index is 0.0861. The van der Waals surface area contributed by atoms with Gasteiger partial charge in [0, 0.05) is 19.0 Å². The third-order valence-electron chi connectivity index (χ3n) is 5.02. The predicted octanol–water partition coefficient (Wildman–Crippen LogP) is 4.21. The molecule has 1 aromatic rings. The number of carbonyl (C=O) groups is 2. The number of rotatable bonds is 8. The highest BCUT2D eigenvalue weighted by atomic mass is 19.1. The van der Waals surface area contributed by atoms with E-state index in [9.17, 15) is 14.0 Å². The summed E-state index contributed by atoms with van der Waals surface area (Å²) < 4.78 is 13.1. The summed E-state index contributed by atoms with van der Waals surface area (Å²) >= 11 is 0. The largest absolute Gasteiger partial charge is 0.354 e. The number of nitrogens with zero attached hydrogens (tertiary/aromatic N) is 1. The standard InChI is InChI=1S/C22H31FN2O2/c1-16(2)22(27)25(15-19-9-11-20(23)12-10-19)17(3)21(26)24-14-13-18-7-5-4-6-8-18/h7,9-12,16-17H,4-6,8,13-15H2,1-3H3,(H,24,26)/t17-/m1/s1. The highest BCUT2D eigenvalue weighted by Crippen LogP contribution is 2.19. The highest BCUT2D eigenvalue weighted by Gasteiger charge is 2.27. The summed E-state index contributed by atoms with van der Waals surface area (Å²) in [4.78, 5) is 26.8. The molecule has 0 bridgehead atoms. The van der Waals surface area contributed by atoms with Crippen LogP contribution in [0, 0.1) is 11.7 Å². The van der Waals surface area contributed by atoms with E-state index in [4.69, 9.17) is 0 Å². The van der Waals surface area contributed by atoms with Gasteiger partial charge in [0.1, 0.15) is 11.9 Å². The summed E-state index contributed by atoms with van der Waals surface area (Å²) in [5.41, 5.74) is 2.22. The van der Waals surface area contributed by atoms with E-state index in [2.05, 4.69) is 11.4 Å². The first-order chi connectivity index (χ1) is 12.9. The summed E-state index contributed by atoms with van der Waals surface area (Å²) in [6, 6.07) is 5.46. The Labute approximate surface area is 161 Å². The molecule has 4 nitrogen and oxygen atoms in total. The molecule has 0 aliphatic heterocycles. The molecule has 0 unspecified atom stereocenters. The van der Waals surface area contributed by atoms with Crippen molar-refractivity contribution in [2.24, 2.45) is 5.92 Å². The maximum Gasteiger partial charge on any atom is 0.242 e. The monoisotopic (exact) mass is 374 g/mol. The second-order valence-electron chi connectivity index (χ2n) is 7.57. The van der Waals surface area contributed by atoms with Crippen LogP contribution >= 0.6 is 0 Å². The molecule has 1 aromatic carbocycles. The normalized spacial score (nSPS) is 15.2. The van der Waals surface area contributed by atoms with Gasteiger partial charge in [-0.05, 0) is 56.7 Å². The number of benzene rings is 1. The molecule has 0 radical (unpaired) electrons. The molecule has 2 amide bonds. The first-order valence-corrected chi connectivity index (χ1v) is 9.89. The van der Waals surface area contributed by atoms with Gasteiger partial charge in [-0.25, -0.2) is 4.39 Å². The molecular weight excluding hydrogens is 343 g/mol. The molecule has 5 heteroatoms. The van der Waals surface area contributed by atoms with E-state index in [1.807, 2.05) is 13.8 Å². The van der Waals surface area contributed by atoms with Crippen molar-refractivity contribution in [1.29, 1.82) is 0 Å². The first kappa shape index (κ1) is 21.1. The third-order valence-corrected chi connectivity index (χ3v) is 5.02. The molecule has 0 saturated heterocycles. The van der Waals surface area contributed by atoms with E-state index in [0.717, 1.165) is 24.8 Å². The minimum atomic E-state index is -0.578. The van der Waals surface area contributed by atoms with E-state index >= 15 is 0 Å². The second kappa shape index (κ2) is 10.2. The number of allylic oxidation sites excluding steroid dienone is 1. The molecule has 0 fully saturated rings. The van der Waals surface area contributed by atoms with Gasteiger partial charge in [0.15, 0.2) is 0 Å². The molecular formula is C22H31FN2O2. The van der Waals surface area contributed by atoms with Crippen LogP contribution in [0.4, 0.5) is 4.39 Å². The summed E-state index contributed by atoms with van der Waals surface area (Å²) in [5, 5.41) is 2.97. The summed E-state index contributed by atoms with van der Waals surface area (Å²) in [5.74, 6) is -0.768. The Morgan fingerprint density at radius 1 is 1.15 bits per heavy atom. The van der Waals surface area contributed by atoms with Crippen LogP contribution in [-0.4, -0.2) is 29.3 Å². The van der Waals surface area contributed by atoms with Crippen molar-refractivity contribution < 1.29 is 14.0 Å². The Hall–Kier alpha value is -2.17. The van der Waals surface area contributed by atoms with E-state index in [0.29, 0.717) is 6.54 Å². The predicted molar refractivity (Wildman–Crippen MR) is 105 cm³/mol. The van der Waals surface area contributed by atoms with Gasteiger partial charge in [-0.15, -0.1) is 0 Å². The number of carbonyl (C=O) groups excluding carboxylic acids is 2. The van der Waals surface area contributed by atoms with Crippen LogP contribution < -0.4 is 5.32 Å². The SMILES string of the molecule is CC(C)C(=O)N(Cc1ccc(F)cc1)[C@H](C)C(=O)NCCC1=CCCCC1. The topological polar surface area (TPSA) is 49.4 Å². The molecule has 2 rings (SSSR count). The second-order valence-corrected chi connectivity index (χ2v) is 7.57. The first-order valence-electron chi connectivity index (χ1n) is 9.89. The maximum absolute atomic E-state index is 13.1. The molecule has 1 aliphatic carbocycles. The lowest BCUT2D eigenvalue weighted by atomic mass is 9.97. The van der Waals surface area contributed by atoms with E-state index < -0.39 is 6.04 Å². The van der Waals surface area contributed by atoms with Gasteiger partial charge in [-0.1, -0.05) is 37.6 Å². The van der Waals surface area contributed by atoms with Crippen LogP contribution in [-0.2, 0) is 16.1 Å². The van der Waals surface area contributed by atoms with Crippen molar-refractivity contribution in [3.8, 4) is 0 Å². The average Bonchev–Trinajstić information content (AvgIpc) is 2.67. The Balaban J connectivity index is 1.97. The van der Waals surface area contributed by atoms with Gasteiger partial charge in [0.2, 0.25) is 11.8 Å². The number of hydrogen-bond acceptors (Lipinski definition) is 2. The smallest absolute Gasteiger partial charge is 0.242 e. The third kappa shape index (κ3) is 6.49. The fourth-order valence-corrected chi connectivity index (χ4v) is 3.29. The molecule has 0 aromatic heterocycles. The van der Waals surface area contributed by atoms with Crippen LogP contribution in [0.1, 0.15) is 58.4 Å².